The summed E-state index contributed by atoms with van der Waals surface area (Å²) in [6, 6.07) is 4.67. The predicted molar refractivity (Wildman–Crippen MR) is 79.7 cm³/mol. The predicted octanol–water partition coefficient (Wildman–Crippen LogP) is 4.73. The summed E-state index contributed by atoms with van der Waals surface area (Å²) in [7, 11) is 0. The Hall–Kier alpha value is -1.22. The molecule has 1 amide bonds. The van der Waals surface area contributed by atoms with Gasteiger partial charge in [0.05, 0.1) is 5.02 Å². The summed E-state index contributed by atoms with van der Waals surface area (Å²) in [6.07, 6.45) is 7.52. The third kappa shape index (κ3) is 6.48. The lowest BCUT2D eigenvalue weighted by Gasteiger charge is -2.06. The number of aromatic hydroxyl groups is 1. The van der Waals surface area contributed by atoms with Gasteiger partial charge in [-0.25, -0.2) is 0 Å². The molecule has 0 spiro atoms. The van der Waals surface area contributed by atoms with Crippen LogP contribution in [0.25, 0.3) is 0 Å². The third-order valence-electron chi connectivity index (χ3n) is 2.99. The van der Waals surface area contributed by atoms with Crippen LogP contribution in [0.2, 0.25) is 5.02 Å². The molecule has 0 heterocycles. The van der Waals surface area contributed by atoms with Crippen LogP contribution in [-0.4, -0.2) is 11.0 Å². The van der Waals surface area contributed by atoms with Crippen LogP contribution in [0.4, 0.5) is 5.69 Å². The van der Waals surface area contributed by atoms with Gasteiger partial charge < -0.3 is 10.4 Å². The minimum absolute atomic E-state index is 0.00255. The van der Waals surface area contributed by atoms with E-state index in [9.17, 15) is 9.90 Å². The molecule has 4 heteroatoms. The van der Waals surface area contributed by atoms with Crippen molar-refractivity contribution in [2.45, 2.75) is 51.9 Å². The number of hydrogen-bond donors (Lipinski definition) is 2. The zero-order chi connectivity index (χ0) is 14.1. The molecule has 1 aromatic carbocycles. The van der Waals surface area contributed by atoms with Crippen LogP contribution >= 0.6 is 11.6 Å². The fourth-order valence-electron chi connectivity index (χ4n) is 1.87. The molecule has 3 nitrogen and oxygen atoms in total. The molecule has 0 aliphatic rings. The van der Waals surface area contributed by atoms with Crippen molar-refractivity contribution in [2.75, 3.05) is 5.32 Å². The quantitative estimate of drug-likeness (QED) is 0.535. The summed E-state index contributed by atoms with van der Waals surface area (Å²) >= 11 is 5.77. The van der Waals surface area contributed by atoms with Crippen molar-refractivity contribution in [1.82, 2.24) is 0 Å². The number of hydrogen-bond acceptors (Lipinski definition) is 2. The van der Waals surface area contributed by atoms with E-state index >= 15 is 0 Å². The molecule has 0 bridgehead atoms. The van der Waals surface area contributed by atoms with Gasteiger partial charge >= 0.3 is 0 Å². The van der Waals surface area contributed by atoms with Crippen LogP contribution in [0.3, 0.4) is 0 Å². The normalized spacial score (nSPS) is 10.4. The Kier molecular flexibility index (Phi) is 7.34. The van der Waals surface area contributed by atoms with E-state index in [1.54, 1.807) is 12.1 Å². The molecule has 0 fully saturated rings. The number of rotatable bonds is 8. The van der Waals surface area contributed by atoms with Crippen molar-refractivity contribution in [3.8, 4) is 5.75 Å². The van der Waals surface area contributed by atoms with E-state index in [1.165, 1.54) is 31.7 Å². The van der Waals surface area contributed by atoms with E-state index in [2.05, 4.69) is 12.2 Å². The van der Waals surface area contributed by atoms with E-state index in [4.69, 9.17) is 11.6 Å². The van der Waals surface area contributed by atoms with Crippen LogP contribution in [0.5, 0.6) is 5.75 Å². The third-order valence-corrected chi connectivity index (χ3v) is 3.29. The van der Waals surface area contributed by atoms with Gasteiger partial charge in [0.25, 0.3) is 0 Å². The number of phenolic OH excluding ortho intramolecular Hbond substituents is 1. The molecule has 0 saturated heterocycles. The first kappa shape index (κ1) is 15.8. The second-order valence-electron chi connectivity index (χ2n) is 4.73. The van der Waals surface area contributed by atoms with Gasteiger partial charge in [-0.1, -0.05) is 50.6 Å². The van der Waals surface area contributed by atoms with Crippen LogP contribution < -0.4 is 5.32 Å². The molecule has 0 radical (unpaired) electrons. The zero-order valence-corrected chi connectivity index (χ0v) is 12.2. The van der Waals surface area contributed by atoms with E-state index in [-0.39, 0.29) is 16.7 Å². The summed E-state index contributed by atoms with van der Waals surface area (Å²) in [5, 5.41) is 12.3. The Morgan fingerprint density at radius 2 is 1.89 bits per heavy atom. The molecule has 19 heavy (non-hydrogen) atoms. The Morgan fingerprint density at radius 3 is 2.58 bits per heavy atom. The number of carbonyl (C=O) groups is 1. The molecule has 0 aliphatic heterocycles. The Morgan fingerprint density at radius 1 is 1.21 bits per heavy atom. The average Bonchev–Trinajstić information content (AvgIpc) is 2.38. The lowest BCUT2D eigenvalue weighted by atomic mass is 10.1. The summed E-state index contributed by atoms with van der Waals surface area (Å²) in [6.45, 7) is 2.19. The molecule has 106 valence electrons. The highest BCUT2D eigenvalue weighted by Gasteiger charge is 2.04. The van der Waals surface area contributed by atoms with E-state index < -0.39 is 0 Å². The van der Waals surface area contributed by atoms with Gasteiger partial charge in [0.15, 0.2) is 0 Å². The Bertz CT molecular complexity index is 407. The Labute approximate surface area is 120 Å². The fourth-order valence-corrected chi connectivity index (χ4v) is 2.05. The molecular weight excluding hydrogens is 262 g/mol. The van der Waals surface area contributed by atoms with E-state index in [1.807, 2.05) is 0 Å². The molecule has 0 aromatic heterocycles. The maximum Gasteiger partial charge on any atom is 0.224 e. The fraction of sp³-hybridized carbons (Fsp3) is 0.533. The molecule has 1 rings (SSSR count). The van der Waals surface area contributed by atoms with Crippen LogP contribution in [0, 0.1) is 0 Å². The maximum atomic E-state index is 11.7. The smallest absolute Gasteiger partial charge is 0.224 e. The van der Waals surface area contributed by atoms with Gasteiger partial charge in [-0.05, 0) is 24.6 Å². The number of carbonyl (C=O) groups excluding carboxylic acids is 1. The molecule has 2 N–H and O–H groups in total. The van der Waals surface area contributed by atoms with Gasteiger partial charge in [0.1, 0.15) is 5.75 Å². The van der Waals surface area contributed by atoms with Crippen molar-refractivity contribution in [1.29, 1.82) is 0 Å². The van der Waals surface area contributed by atoms with E-state index in [0.29, 0.717) is 12.1 Å². The number of anilines is 1. The van der Waals surface area contributed by atoms with Crippen molar-refractivity contribution >= 4 is 23.2 Å². The minimum atomic E-state index is -0.00255. The number of unbranched alkanes of at least 4 members (excludes halogenated alkanes) is 5. The summed E-state index contributed by atoms with van der Waals surface area (Å²) in [4.78, 5) is 11.7. The average molecular weight is 284 g/mol. The van der Waals surface area contributed by atoms with Crippen molar-refractivity contribution in [3.05, 3.63) is 23.2 Å². The highest BCUT2D eigenvalue weighted by Crippen LogP contribution is 2.26. The monoisotopic (exact) mass is 283 g/mol. The Balaban J connectivity index is 2.21. The summed E-state index contributed by atoms with van der Waals surface area (Å²) < 4.78 is 0. The molecule has 0 saturated carbocycles. The molecule has 1 aromatic rings. The van der Waals surface area contributed by atoms with Crippen molar-refractivity contribution in [2.24, 2.45) is 0 Å². The van der Waals surface area contributed by atoms with E-state index in [0.717, 1.165) is 12.8 Å². The molecule has 0 unspecified atom stereocenters. The standard InChI is InChI=1S/C15H22ClNO2/c1-2-3-4-5-6-7-8-15(19)17-12-9-10-14(18)13(16)11-12/h9-11,18H,2-8H2,1H3,(H,17,19). The van der Waals surface area contributed by atoms with Crippen LogP contribution in [-0.2, 0) is 4.79 Å². The van der Waals surface area contributed by atoms with Crippen LogP contribution in [0.15, 0.2) is 18.2 Å². The summed E-state index contributed by atoms with van der Waals surface area (Å²) in [5.41, 5.74) is 0.624. The van der Waals surface area contributed by atoms with Gasteiger partial charge in [-0.2, -0.15) is 0 Å². The highest BCUT2D eigenvalue weighted by molar-refractivity contribution is 6.32. The number of halogens is 1. The minimum Gasteiger partial charge on any atom is -0.506 e. The maximum absolute atomic E-state index is 11.7. The summed E-state index contributed by atoms with van der Waals surface area (Å²) in [5.74, 6) is 0.0211. The topological polar surface area (TPSA) is 49.3 Å². The van der Waals surface area contributed by atoms with Gasteiger partial charge in [-0.3, -0.25) is 4.79 Å². The molecule has 0 aliphatic carbocycles. The lowest BCUT2D eigenvalue weighted by Crippen LogP contribution is -2.10. The molecular formula is C15H22ClNO2. The second kappa shape index (κ2) is 8.81. The van der Waals surface area contributed by atoms with Crippen molar-refractivity contribution < 1.29 is 9.90 Å². The lowest BCUT2D eigenvalue weighted by molar-refractivity contribution is -0.116. The first-order chi connectivity index (χ1) is 9.13. The SMILES string of the molecule is CCCCCCCCC(=O)Nc1ccc(O)c(Cl)c1. The van der Waals surface area contributed by atoms with Gasteiger partial charge in [0, 0.05) is 12.1 Å². The van der Waals surface area contributed by atoms with Gasteiger partial charge in [-0.15, -0.1) is 0 Å². The first-order valence-electron chi connectivity index (χ1n) is 6.92. The number of nitrogens with one attached hydrogen (secondary N) is 1. The first-order valence-corrected chi connectivity index (χ1v) is 7.29. The molecule has 0 atom stereocenters. The van der Waals surface area contributed by atoms with Crippen LogP contribution in [0.1, 0.15) is 51.9 Å². The largest absolute Gasteiger partial charge is 0.506 e. The van der Waals surface area contributed by atoms with Crippen molar-refractivity contribution in [3.63, 3.8) is 0 Å². The highest BCUT2D eigenvalue weighted by atomic mass is 35.5. The number of benzene rings is 1. The second-order valence-corrected chi connectivity index (χ2v) is 5.14. The zero-order valence-electron chi connectivity index (χ0n) is 11.4. The number of phenols is 1. The number of amides is 1. The van der Waals surface area contributed by atoms with Gasteiger partial charge in [0.2, 0.25) is 5.91 Å².